The molecule has 96 valence electrons. The monoisotopic (exact) mass is 265 g/mol. The summed E-state index contributed by atoms with van der Waals surface area (Å²) in [4.78, 5) is 15.9. The van der Waals surface area contributed by atoms with E-state index in [0.717, 1.165) is 17.4 Å². The quantitative estimate of drug-likeness (QED) is 0.858. The minimum atomic E-state index is -0.192. The first-order chi connectivity index (χ1) is 8.74. The van der Waals surface area contributed by atoms with E-state index >= 15 is 0 Å². The summed E-state index contributed by atoms with van der Waals surface area (Å²) in [7, 11) is 0. The Balaban J connectivity index is 2.22. The predicted octanol–water partition coefficient (Wildman–Crippen LogP) is 1.57. The minimum absolute atomic E-state index is 0.192. The molecule has 2 rings (SSSR count). The molecule has 0 amide bonds. The number of hydrogen-bond acceptors (Lipinski definition) is 5. The van der Waals surface area contributed by atoms with Crippen LogP contribution in [0.3, 0.4) is 0 Å². The summed E-state index contributed by atoms with van der Waals surface area (Å²) in [5.41, 5.74) is -0.192. The fourth-order valence-electron chi connectivity index (χ4n) is 1.50. The second-order valence-electron chi connectivity index (χ2n) is 3.55. The van der Waals surface area contributed by atoms with Crippen molar-refractivity contribution in [3.8, 4) is 0 Å². The van der Waals surface area contributed by atoms with Gasteiger partial charge in [0.2, 0.25) is 0 Å². The van der Waals surface area contributed by atoms with Gasteiger partial charge in [-0.25, -0.2) is 14.9 Å². The molecular formula is C11H15N5OS. The lowest BCUT2D eigenvalue weighted by Crippen LogP contribution is -2.16. The molecule has 0 aromatic carbocycles. The third kappa shape index (κ3) is 2.73. The molecule has 6 nitrogen and oxygen atoms in total. The Morgan fingerprint density at radius 3 is 3.00 bits per heavy atom. The lowest BCUT2D eigenvalue weighted by molar-refractivity contribution is 0.660. The average molecular weight is 265 g/mol. The first-order valence-electron chi connectivity index (χ1n) is 5.78. The Bertz CT molecular complexity index is 577. The number of aromatic amines is 1. The van der Waals surface area contributed by atoms with E-state index in [4.69, 9.17) is 0 Å². The third-order valence-electron chi connectivity index (χ3n) is 2.32. The Kier molecular flexibility index (Phi) is 4.03. The third-order valence-corrected chi connectivity index (χ3v) is 3.25. The summed E-state index contributed by atoms with van der Waals surface area (Å²) in [5.74, 6) is 0.823. The SMILES string of the molecule is CCNc1cccc(Sc2n[nH]c(=O)n2CC)n1. The van der Waals surface area contributed by atoms with E-state index in [9.17, 15) is 4.79 Å². The number of nitrogens with zero attached hydrogens (tertiary/aromatic N) is 3. The number of H-pyrrole nitrogens is 1. The van der Waals surface area contributed by atoms with Crippen molar-refractivity contribution in [1.29, 1.82) is 0 Å². The zero-order valence-electron chi connectivity index (χ0n) is 10.3. The first kappa shape index (κ1) is 12.7. The van der Waals surface area contributed by atoms with Gasteiger partial charge in [0.25, 0.3) is 0 Å². The molecule has 0 saturated carbocycles. The lowest BCUT2D eigenvalue weighted by atomic mass is 10.4. The molecule has 0 atom stereocenters. The molecule has 2 heterocycles. The molecular weight excluding hydrogens is 250 g/mol. The van der Waals surface area contributed by atoms with Crippen LogP contribution in [0.25, 0.3) is 0 Å². The maximum Gasteiger partial charge on any atom is 0.343 e. The van der Waals surface area contributed by atoms with Gasteiger partial charge >= 0.3 is 5.69 Å². The predicted molar refractivity (Wildman–Crippen MR) is 71.0 cm³/mol. The normalized spacial score (nSPS) is 10.6. The van der Waals surface area contributed by atoms with Crippen LogP contribution in [0.2, 0.25) is 0 Å². The number of pyridine rings is 1. The van der Waals surface area contributed by atoms with E-state index in [1.54, 1.807) is 4.57 Å². The molecule has 0 aliphatic heterocycles. The number of aromatic nitrogens is 4. The van der Waals surface area contributed by atoms with Gasteiger partial charge in [-0.05, 0) is 37.7 Å². The maximum absolute atomic E-state index is 11.4. The molecule has 0 unspecified atom stereocenters. The fraction of sp³-hybridized carbons (Fsp3) is 0.364. The van der Waals surface area contributed by atoms with Gasteiger partial charge in [0.15, 0.2) is 5.16 Å². The Morgan fingerprint density at radius 1 is 1.44 bits per heavy atom. The maximum atomic E-state index is 11.4. The summed E-state index contributed by atoms with van der Waals surface area (Å²) in [6.45, 7) is 5.33. The van der Waals surface area contributed by atoms with E-state index in [1.807, 2.05) is 32.0 Å². The van der Waals surface area contributed by atoms with Gasteiger partial charge in [-0.2, -0.15) is 0 Å². The fourth-order valence-corrected chi connectivity index (χ4v) is 2.40. The van der Waals surface area contributed by atoms with Crippen LogP contribution in [-0.2, 0) is 6.54 Å². The van der Waals surface area contributed by atoms with Crippen LogP contribution < -0.4 is 11.0 Å². The second kappa shape index (κ2) is 5.72. The van der Waals surface area contributed by atoms with Crippen LogP contribution in [0.5, 0.6) is 0 Å². The van der Waals surface area contributed by atoms with Crippen LogP contribution in [0.4, 0.5) is 5.82 Å². The molecule has 2 aromatic rings. The topological polar surface area (TPSA) is 75.6 Å². The van der Waals surface area contributed by atoms with Gasteiger partial charge in [-0.15, -0.1) is 5.10 Å². The largest absolute Gasteiger partial charge is 0.370 e. The second-order valence-corrected chi connectivity index (χ2v) is 4.54. The van der Waals surface area contributed by atoms with Crippen LogP contribution >= 0.6 is 11.8 Å². The highest BCUT2D eigenvalue weighted by atomic mass is 32.2. The molecule has 0 fully saturated rings. The van der Waals surface area contributed by atoms with Crippen molar-refractivity contribution >= 4 is 17.6 Å². The number of anilines is 1. The molecule has 0 spiro atoms. The van der Waals surface area contributed by atoms with Crippen molar-refractivity contribution < 1.29 is 0 Å². The highest BCUT2D eigenvalue weighted by Crippen LogP contribution is 2.23. The summed E-state index contributed by atoms with van der Waals surface area (Å²) in [6, 6.07) is 5.73. The zero-order valence-corrected chi connectivity index (χ0v) is 11.1. The Hall–Kier alpha value is -1.76. The number of rotatable bonds is 5. The van der Waals surface area contributed by atoms with Crippen LogP contribution in [0.15, 0.2) is 33.2 Å². The van der Waals surface area contributed by atoms with Crippen LogP contribution in [0.1, 0.15) is 13.8 Å². The molecule has 0 bridgehead atoms. The molecule has 0 aliphatic carbocycles. The molecule has 7 heteroatoms. The highest BCUT2D eigenvalue weighted by Gasteiger charge is 2.09. The van der Waals surface area contributed by atoms with E-state index in [-0.39, 0.29) is 5.69 Å². The van der Waals surface area contributed by atoms with E-state index in [1.165, 1.54) is 11.8 Å². The van der Waals surface area contributed by atoms with Gasteiger partial charge in [0.05, 0.1) is 0 Å². The summed E-state index contributed by atoms with van der Waals surface area (Å²) >= 11 is 1.37. The first-order valence-corrected chi connectivity index (χ1v) is 6.60. The van der Waals surface area contributed by atoms with Crippen molar-refractivity contribution in [2.75, 3.05) is 11.9 Å². The zero-order chi connectivity index (χ0) is 13.0. The summed E-state index contributed by atoms with van der Waals surface area (Å²) in [5, 5.41) is 11.0. The van der Waals surface area contributed by atoms with Gasteiger partial charge in [0, 0.05) is 13.1 Å². The molecule has 18 heavy (non-hydrogen) atoms. The van der Waals surface area contributed by atoms with E-state index < -0.39 is 0 Å². The van der Waals surface area contributed by atoms with Gasteiger partial charge < -0.3 is 5.32 Å². The molecule has 2 N–H and O–H groups in total. The summed E-state index contributed by atoms with van der Waals surface area (Å²) < 4.78 is 1.58. The summed E-state index contributed by atoms with van der Waals surface area (Å²) in [6.07, 6.45) is 0. The van der Waals surface area contributed by atoms with Crippen LogP contribution in [0, 0.1) is 0 Å². The van der Waals surface area contributed by atoms with Gasteiger partial charge in [0.1, 0.15) is 10.8 Å². The van der Waals surface area contributed by atoms with Crippen molar-refractivity contribution in [3.05, 3.63) is 28.7 Å². The molecule has 0 saturated heterocycles. The van der Waals surface area contributed by atoms with Crippen molar-refractivity contribution in [3.63, 3.8) is 0 Å². The average Bonchev–Trinajstić information content (AvgIpc) is 2.71. The Morgan fingerprint density at radius 2 is 2.28 bits per heavy atom. The van der Waals surface area contributed by atoms with E-state index in [2.05, 4.69) is 20.5 Å². The van der Waals surface area contributed by atoms with E-state index in [0.29, 0.717) is 11.7 Å². The van der Waals surface area contributed by atoms with Crippen molar-refractivity contribution in [2.24, 2.45) is 0 Å². The van der Waals surface area contributed by atoms with Crippen molar-refractivity contribution in [2.45, 2.75) is 30.6 Å². The molecule has 0 radical (unpaired) electrons. The van der Waals surface area contributed by atoms with Gasteiger partial charge in [-0.1, -0.05) is 6.07 Å². The molecule has 0 aliphatic rings. The van der Waals surface area contributed by atoms with Crippen LogP contribution in [-0.4, -0.2) is 26.3 Å². The highest BCUT2D eigenvalue weighted by molar-refractivity contribution is 7.99. The smallest absolute Gasteiger partial charge is 0.343 e. The van der Waals surface area contributed by atoms with Gasteiger partial charge in [-0.3, -0.25) is 4.57 Å². The standard InChI is InChI=1S/C11H15N5OS/c1-3-12-8-6-5-7-9(13-8)18-11-15-14-10(17)16(11)4-2/h5-7H,3-4H2,1-2H3,(H,12,13)(H,14,17). The minimum Gasteiger partial charge on any atom is -0.370 e. The Labute approximate surface area is 109 Å². The molecule has 2 aromatic heterocycles. The van der Waals surface area contributed by atoms with Crippen molar-refractivity contribution in [1.82, 2.24) is 19.7 Å². The lowest BCUT2D eigenvalue weighted by Gasteiger charge is -2.05. The number of nitrogens with one attached hydrogen (secondary N) is 2. The number of hydrogen-bond donors (Lipinski definition) is 2.